The Morgan fingerprint density at radius 3 is 2.80 bits per heavy atom. The first kappa shape index (κ1) is 15.8. The summed E-state index contributed by atoms with van der Waals surface area (Å²) in [5, 5.41) is 0. The molecule has 2 unspecified atom stereocenters. The Morgan fingerprint density at radius 2 is 2.15 bits per heavy atom. The van der Waals surface area contributed by atoms with Crippen molar-refractivity contribution in [3.8, 4) is 0 Å². The number of nitrogens with two attached hydrogens (primary N) is 1. The van der Waals surface area contributed by atoms with Crippen LogP contribution in [-0.2, 0) is 4.74 Å². The van der Waals surface area contributed by atoms with Crippen molar-refractivity contribution in [1.29, 1.82) is 0 Å². The minimum atomic E-state index is -0.181. The molecule has 2 atom stereocenters. The zero-order valence-corrected chi connectivity index (χ0v) is 12.7. The van der Waals surface area contributed by atoms with Crippen molar-refractivity contribution < 1.29 is 9.13 Å². The van der Waals surface area contributed by atoms with E-state index in [1.807, 2.05) is 12.1 Å². The molecular weight excluding hydrogens is 275 g/mol. The van der Waals surface area contributed by atoms with Crippen LogP contribution in [-0.4, -0.2) is 49.5 Å². The van der Waals surface area contributed by atoms with Crippen LogP contribution < -0.4 is 5.73 Å². The lowest BCUT2D eigenvalue weighted by atomic mass is 9.99. The van der Waals surface area contributed by atoms with Crippen molar-refractivity contribution in [2.45, 2.75) is 29.9 Å². The predicted molar refractivity (Wildman–Crippen MR) is 81.6 cm³/mol. The summed E-state index contributed by atoms with van der Waals surface area (Å²) < 4.78 is 18.3. The van der Waals surface area contributed by atoms with Gasteiger partial charge in [0.2, 0.25) is 0 Å². The van der Waals surface area contributed by atoms with Gasteiger partial charge in [0.25, 0.3) is 0 Å². The lowest BCUT2D eigenvalue weighted by Gasteiger charge is -2.38. The summed E-state index contributed by atoms with van der Waals surface area (Å²) in [4.78, 5) is 3.56. The van der Waals surface area contributed by atoms with Crippen LogP contribution in [0.5, 0.6) is 0 Å². The second kappa shape index (κ2) is 7.98. The molecule has 2 rings (SSSR count). The molecule has 0 saturated carbocycles. The fourth-order valence-electron chi connectivity index (χ4n) is 2.63. The number of likely N-dealkylation sites (tertiary alicyclic amines) is 1. The van der Waals surface area contributed by atoms with Gasteiger partial charge in [0.15, 0.2) is 0 Å². The van der Waals surface area contributed by atoms with Crippen LogP contribution >= 0.6 is 11.8 Å². The first-order valence-electron chi connectivity index (χ1n) is 7.08. The molecule has 0 bridgehead atoms. The number of piperidine rings is 1. The van der Waals surface area contributed by atoms with Gasteiger partial charge in [0.1, 0.15) is 5.82 Å². The number of halogens is 1. The maximum Gasteiger partial charge on any atom is 0.123 e. The highest BCUT2D eigenvalue weighted by Gasteiger charge is 2.26. The molecule has 1 saturated heterocycles. The molecule has 0 radical (unpaired) electrons. The van der Waals surface area contributed by atoms with Crippen molar-refractivity contribution in [3.05, 3.63) is 30.1 Å². The molecular formula is C15H23FN2OS. The summed E-state index contributed by atoms with van der Waals surface area (Å²) in [6.45, 7) is 2.74. The Balaban J connectivity index is 1.76. The second-order valence-corrected chi connectivity index (χ2v) is 6.28. The van der Waals surface area contributed by atoms with E-state index in [2.05, 4.69) is 4.90 Å². The van der Waals surface area contributed by atoms with Crippen LogP contribution in [0, 0.1) is 5.82 Å². The van der Waals surface area contributed by atoms with Crippen LogP contribution in [0.3, 0.4) is 0 Å². The lowest BCUT2D eigenvalue weighted by Crippen LogP contribution is -2.49. The van der Waals surface area contributed by atoms with E-state index in [-0.39, 0.29) is 5.82 Å². The molecule has 1 fully saturated rings. The molecule has 1 heterocycles. The van der Waals surface area contributed by atoms with Gasteiger partial charge >= 0.3 is 0 Å². The molecule has 1 aromatic carbocycles. The van der Waals surface area contributed by atoms with Crippen LogP contribution in [0.2, 0.25) is 0 Å². The van der Waals surface area contributed by atoms with Crippen molar-refractivity contribution in [2.24, 2.45) is 5.73 Å². The molecule has 2 N–H and O–H groups in total. The highest BCUT2D eigenvalue weighted by Crippen LogP contribution is 2.22. The third kappa shape index (κ3) is 4.45. The number of hydrogen-bond acceptors (Lipinski definition) is 4. The standard InChI is InChI=1S/C15H23FN2OS/c1-19-14-6-7-18(13(10-14)11-17)8-9-20-15-4-2-12(16)3-5-15/h2-5,13-14H,6-11,17H2,1H3. The Hall–Kier alpha value is -0.620. The van der Waals surface area contributed by atoms with Gasteiger partial charge in [-0.15, -0.1) is 11.8 Å². The van der Waals surface area contributed by atoms with Gasteiger partial charge in [-0.2, -0.15) is 0 Å². The van der Waals surface area contributed by atoms with E-state index in [0.717, 1.165) is 36.6 Å². The van der Waals surface area contributed by atoms with E-state index >= 15 is 0 Å². The maximum atomic E-state index is 12.8. The fraction of sp³-hybridized carbons (Fsp3) is 0.600. The zero-order valence-electron chi connectivity index (χ0n) is 11.9. The predicted octanol–water partition coefficient (Wildman–Crippen LogP) is 2.36. The Bertz CT molecular complexity index is 401. The average molecular weight is 298 g/mol. The first-order chi connectivity index (χ1) is 9.72. The van der Waals surface area contributed by atoms with Crippen LogP contribution in [0.4, 0.5) is 4.39 Å². The highest BCUT2D eigenvalue weighted by atomic mass is 32.2. The number of benzene rings is 1. The van der Waals surface area contributed by atoms with Gasteiger partial charge in [-0.05, 0) is 37.1 Å². The van der Waals surface area contributed by atoms with E-state index in [1.165, 1.54) is 12.1 Å². The van der Waals surface area contributed by atoms with Crippen molar-refractivity contribution in [1.82, 2.24) is 4.90 Å². The highest BCUT2D eigenvalue weighted by molar-refractivity contribution is 7.99. The molecule has 20 heavy (non-hydrogen) atoms. The van der Waals surface area contributed by atoms with Gasteiger partial charge < -0.3 is 10.5 Å². The number of methoxy groups -OCH3 is 1. The van der Waals surface area contributed by atoms with E-state index in [0.29, 0.717) is 18.7 Å². The number of thioether (sulfide) groups is 1. The van der Waals surface area contributed by atoms with Gasteiger partial charge in [0, 0.05) is 43.4 Å². The average Bonchev–Trinajstić information content (AvgIpc) is 2.49. The smallest absolute Gasteiger partial charge is 0.123 e. The maximum absolute atomic E-state index is 12.8. The monoisotopic (exact) mass is 298 g/mol. The topological polar surface area (TPSA) is 38.5 Å². The SMILES string of the molecule is COC1CCN(CCSc2ccc(F)cc2)C(CN)C1. The molecule has 5 heteroatoms. The second-order valence-electron chi connectivity index (χ2n) is 5.11. The number of hydrogen-bond donors (Lipinski definition) is 1. The summed E-state index contributed by atoms with van der Waals surface area (Å²) in [5.74, 6) is 0.818. The summed E-state index contributed by atoms with van der Waals surface area (Å²) >= 11 is 1.76. The van der Waals surface area contributed by atoms with Gasteiger partial charge in [-0.25, -0.2) is 4.39 Å². The van der Waals surface area contributed by atoms with E-state index in [1.54, 1.807) is 18.9 Å². The van der Waals surface area contributed by atoms with E-state index in [9.17, 15) is 4.39 Å². The number of nitrogens with zero attached hydrogens (tertiary/aromatic N) is 1. The lowest BCUT2D eigenvalue weighted by molar-refractivity contribution is 0.0158. The number of ether oxygens (including phenoxy) is 1. The summed E-state index contributed by atoms with van der Waals surface area (Å²) in [7, 11) is 1.78. The molecule has 0 amide bonds. The number of rotatable bonds is 6. The molecule has 3 nitrogen and oxygen atoms in total. The summed E-state index contributed by atoms with van der Waals surface area (Å²) in [6.07, 6.45) is 2.45. The molecule has 112 valence electrons. The third-order valence-electron chi connectivity index (χ3n) is 3.86. The Morgan fingerprint density at radius 1 is 1.40 bits per heavy atom. The fourth-order valence-corrected chi connectivity index (χ4v) is 3.52. The Kier molecular flexibility index (Phi) is 6.29. The zero-order chi connectivity index (χ0) is 14.4. The summed E-state index contributed by atoms with van der Waals surface area (Å²) in [5.41, 5.74) is 5.86. The van der Waals surface area contributed by atoms with Crippen molar-refractivity contribution in [2.75, 3.05) is 32.5 Å². The normalized spacial score (nSPS) is 23.9. The summed E-state index contributed by atoms with van der Waals surface area (Å²) in [6, 6.07) is 7.10. The Labute approximate surface area is 124 Å². The quantitative estimate of drug-likeness (QED) is 0.818. The van der Waals surface area contributed by atoms with Gasteiger partial charge in [-0.3, -0.25) is 4.90 Å². The van der Waals surface area contributed by atoms with Gasteiger partial charge in [0.05, 0.1) is 6.10 Å². The van der Waals surface area contributed by atoms with E-state index in [4.69, 9.17) is 10.5 Å². The minimum Gasteiger partial charge on any atom is -0.381 e. The van der Waals surface area contributed by atoms with E-state index < -0.39 is 0 Å². The molecule has 0 aliphatic carbocycles. The third-order valence-corrected chi connectivity index (χ3v) is 4.85. The van der Waals surface area contributed by atoms with Gasteiger partial charge in [-0.1, -0.05) is 0 Å². The van der Waals surface area contributed by atoms with Crippen LogP contribution in [0.1, 0.15) is 12.8 Å². The molecule has 1 aromatic rings. The molecule has 0 aromatic heterocycles. The first-order valence-corrected chi connectivity index (χ1v) is 8.06. The molecule has 0 spiro atoms. The largest absolute Gasteiger partial charge is 0.381 e. The van der Waals surface area contributed by atoms with Crippen LogP contribution in [0.15, 0.2) is 29.2 Å². The molecule has 1 aliphatic heterocycles. The molecule has 1 aliphatic rings. The van der Waals surface area contributed by atoms with Crippen LogP contribution in [0.25, 0.3) is 0 Å². The van der Waals surface area contributed by atoms with Crippen molar-refractivity contribution in [3.63, 3.8) is 0 Å². The van der Waals surface area contributed by atoms with Crippen molar-refractivity contribution >= 4 is 11.8 Å². The minimum absolute atomic E-state index is 0.181.